The van der Waals surface area contributed by atoms with Crippen LogP contribution in [-0.4, -0.2) is 14.3 Å². The lowest BCUT2D eigenvalue weighted by Crippen LogP contribution is -2.26. The monoisotopic (exact) mass is 358 g/mol. The van der Waals surface area contributed by atoms with E-state index in [1.807, 2.05) is 30.3 Å². The van der Waals surface area contributed by atoms with Gasteiger partial charge in [-0.3, -0.25) is 4.79 Å². The number of nitrogens with one attached hydrogen (secondary N) is 2. The van der Waals surface area contributed by atoms with Gasteiger partial charge in [0.25, 0.3) is 0 Å². The first-order valence-corrected chi connectivity index (χ1v) is 9.22. The topological polar surface area (TPSA) is 88.4 Å². The molecule has 0 fully saturated rings. The third-order valence-electron chi connectivity index (χ3n) is 3.69. The van der Waals surface area contributed by atoms with Gasteiger partial charge in [0.15, 0.2) is 0 Å². The summed E-state index contributed by atoms with van der Waals surface area (Å²) in [6.45, 7) is 3.11. The number of benzene rings is 2. The number of furan rings is 1. The van der Waals surface area contributed by atoms with E-state index in [0.717, 1.165) is 5.39 Å². The minimum Gasteiger partial charge on any atom is -0.459 e. The van der Waals surface area contributed by atoms with E-state index >= 15 is 0 Å². The molecule has 0 radical (unpaired) electrons. The van der Waals surface area contributed by atoms with E-state index in [0.29, 0.717) is 17.0 Å². The second kappa shape index (κ2) is 6.70. The molecule has 0 saturated carbocycles. The number of rotatable bonds is 5. The molecule has 0 aliphatic rings. The second-order valence-electron chi connectivity index (χ2n) is 5.74. The van der Waals surface area contributed by atoms with E-state index in [-0.39, 0.29) is 10.8 Å². The molecule has 1 heterocycles. The van der Waals surface area contributed by atoms with E-state index < -0.39 is 16.1 Å². The average molecular weight is 358 g/mol. The molecule has 0 aliphatic carbocycles. The number of amides is 1. The minimum atomic E-state index is -3.71. The van der Waals surface area contributed by atoms with Gasteiger partial charge in [0, 0.05) is 18.0 Å². The van der Waals surface area contributed by atoms with Crippen molar-refractivity contribution in [1.82, 2.24) is 4.72 Å². The molecule has 0 bridgehead atoms. The summed E-state index contributed by atoms with van der Waals surface area (Å²) in [5.74, 6) is 0.326. The van der Waals surface area contributed by atoms with Crippen molar-refractivity contribution in [2.24, 2.45) is 0 Å². The van der Waals surface area contributed by atoms with Crippen LogP contribution in [-0.2, 0) is 14.8 Å². The maximum Gasteiger partial charge on any atom is 0.241 e. The van der Waals surface area contributed by atoms with Crippen molar-refractivity contribution < 1.29 is 17.6 Å². The Morgan fingerprint density at radius 2 is 1.76 bits per heavy atom. The zero-order chi connectivity index (χ0) is 18.0. The molecular formula is C18H18N2O4S. The molecule has 1 unspecified atom stereocenters. The smallest absolute Gasteiger partial charge is 0.241 e. The summed E-state index contributed by atoms with van der Waals surface area (Å²) in [5, 5.41) is 3.52. The summed E-state index contributed by atoms with van der Waals surface area (Å²) in [7, 11) is -3.71. The molecule has 3 aromatic rings. The fourth-order valence-electron chi connectivity index (χ4n) is 2.50. The summed E-state index contributed by atoms with van der Waals surface area (Å²) in [5.41, 5.74) is 1.25. The molecule has 1 amide bonds. The van der Waals surface area contributed by atoms with Crippen molar-refractivity contribution in [1.29, 1.82) is 0 Å². The van der Waals surface area contributed by atoms with Crippen LogP contribution in [0.2, 0.25) is 0 Å². The van der Waals surface area contributed by atoms with Crippen molar-refractivity contribution in [2.45, 2.75) is 24.8 Å². The first kappa shape index (κ1) is 17.2. The molecule has 7 heteroatoms. The van der Waals surface area contributed by atoms with Gasteiger partial charge in [0.05, 0.1) is 10.9 Å². The SMILES string of the molecule is CC(=O)Nc1ccc(S(=O)(=O)NC(C)c2cc3ccccc3o2)cc1. The maximum absolute atomic E-state index is 12.5. The van der Waals surface area contributed by atoms with E-state index in [1.54, 1.807) is 19.1 Å². The molecule has 0 aliphatic heterocycles. The summed E-state index contributed by atoms with van der Waals surface area (Å²) >= 11 is 0. The van der Waals surface area contributed by atoms with Crippen molar-refractivity contribution in [3.05, 3.63) is 60.4 Å². The highest BCUT2D eigenvalue weighted by atomic mass is 32.2. The van der Waals surface area contributed by atoms with E-state index in [1.165, 1.54) is 19.1 Å². The van der Waals surface area contributed by atoms with Gasteiger partial charge in [0.2, 0.25) is 15.9 Å². The Morgan fingerprint density at radius 3 is 2.40 bits per heavy atom. The lowest BCUT2D eigenvalue weighted by Gasteiger charge is -2.12. The number of carbonyl (C=O) groups is 1. The molecule has 0 spiro atoms. The first-order valence-electron chi connectivity index (χ1n) is 7.73. The molecular weight excluding hydrogens is 340 g/mol. The van der Waals surface area contributed by atoms with Crippen LogP contribution in [0.5, 0.6) is 0 Å². The number of anilines is 1. The zero-order valence-electron chi connectivity index (χ0n) is 13.8. The van der Waals surface area contributed by atoms with E-state index in [9.17, 15) is 13.2 Å². The minimum absolute atomic E-state index is 0.115. The molecule has 25 heavy (non-hydrogen) atoms. The van der Waals surface area contributed by atoms with Gasteiger partial charge >= 0.3 is 0 Å². The number of sulfonamides is 1. The van der Waals surface area contributed by atoms with E-state index in [4.69, 9.17) is 4.42 Å². The number of fused-ring (bicyclic) bond motifs is 1. The summed E-state index contributed by atoms with van der Waals surface area (Å²) < 4.78 is 33.4. The number of para-hydroxylation sites is 1. The number of carbonyl (C=O) groups excluding carboxylic acids is 1. The Kier molecular flexibility index (Phi) is 4.61. The van der Waals surface area contributed by atoms with Gasteiger partial charge < -0.3 is 9.73 Å². The second-order valence-corrected chi connectivity index (χ2v) is 7.45. The Morgan fingerprint density at radius 1 is 1.08 bits per heavy atom. The molecule has 3 rings (SSSR count). The molecule has 1 aromatic heterocycles. The highest BCUT2D eigenvalue weighted by Gasteiger charge is 2.20. The Hall–Kier alpha value is -2.64. The zero-order valence-corrected chi connectivity index (χ0v) is 14.6. The number of hydrogen-bond acceptors (Lipinski definition) is 4. The lowest BCUT2D eigenvalue weighted by molar-refractivity contribution is -0.114. The molecule has 130 valence electrons. The Bertz CT molecular complexity index is 974. The molecule has 2 aromatic carbocycles. The lowest BCUT2D eigenvalue weighted by atomic mass is 10.2. The van der Waals surface area contributed by atoms with Crippen LogP contribution < -0.4 is 10.0 Å². The fraction of sp³-hybridized carbons (Fsp3) is 0.167. The van der Waals surface area contributed by atoms with Crippen LogP contribution in [0.4, 0.5) is 5.69 Å². The third-order valence-corrected chi connectivity index (χ3v) is 5.24. The molecule has 0 saturated heterocycles. The van der Waals surface area contributed by atoms with Crippen LogP contribution in [0, 0.1) is 0 Å². The van der Waals surface area contributed by atoms with Crippen molar-refractivity contribution in [3.8, 4) is 0 Å². The number of hydrogen-bond donors (Lipinski definition) is 2. The van der Waals surface area contributed by atoms with Gasteiger partial charge in [-0.1, -0.05) is 18.2 Å². The van der Waals surface area contributed by atoms with Gasteiger partial charge in [-0.15, -0.1) is 0 Å². The predicted octanol–water partition coefficient (Wildman–Crippen LogP) is 3.43. The van der Waals surface area contributed by atoms with Crippen LogP contribution in [0.15, 0.2) is 63.9 Å². The quantitative estimate of drug-likeness (QED) is 0.731. The average Bonchev–Trinajstić information content (AvgIpc) is 2.98. The predicted molar refractivity (Wildman–Crippen MR) is 95.7 cm³/mol. The first-order chi connectivity index (χ1) is 11.8. The van der Waals surface area contributed by atoms with Crippen LogP contribution in [0.3, 0.4) is 0 Å². The van der Waals surface area contributed by atoms with Crippen LogP contribution >= 0.6 is 0 Å². The third kappa shape index (κ3) is 3.89. The summed E-state index contributed by atoms with van der Waals surface area (Å²) in [6.07, 6.45) is 0. The summed E-state index contributed by atoms with van der Waals surface area (Å²) in [6, 6.07) is 14.8. The van der Waals surface area contributed by atoms with Gasteiger partial charge in [-0.2, -0.15) is 0 Å². The maximum atomic E-state index is 12.5. The van der Waals surface area contributed by atoms with Crippen molar-refractivity contribution in [3.63, 3.8) is 0 Å². The molecule has 1 atom stereocenters. The summed E-state index contributed by atoms with van der Waals surface area (Å²) in [4.78, 5) is 11.1. The van der Waals surface area contributed by atoms with Gasteiger partial charge in [0.1, 0.15) is 11.3 Å². The Labute approximate surface area is 145 Å². The largest absolute Gasteiger partial charge is 0.459 e. The van der Waals surface area contributed by atoms with E-state index in [2.05, 4.69) is 10.0 Å². The van der Waals surface area contributed by atoms with Crippen molar-refractivity contribution in [2.75, 3.05) is 5.32 Å². The van der Waals surface area contributed by atoms with Crippen LogP contribution in [0.1, 0.15) is 25.6 Å². The van der Waals surface area contributed by atoms with Crippen molar-refractivity contribution >= 4 is 32.6 Å². The Balaban J connectivity index is 1.79. The standard InChI is InChI=1S/C18H18N2O4S/c1-12(18-11-14-5-3-4-6-17(14)24-18)20-25(22,23)16-9-7-15(8-10-16)19-13(2)21/h3-12,20H,1-2H3,(H,19,21). The normalized spacial score (nSPS) is 12.9. The van der Waals surface area contributed by atoms with Crippen LogP contribution in [0.25, 0.3) is 11.0 Å². The molecule has 6 nitrogen and oxygen atoms in total. The van der Waals surface area contributed by atoms with Gasteiger partial charge in [-0.05, 0) is 43.3 Å². The van der Waals surface area contributed by atoms with Gasteiger partial charge in [-0.25, -0.2) is 13.1 Å². The fourth-order valence-corrected chi connectivity index (χ4v) is 3.71. The highest BCUT2D eigenvalue weighted by molar-refractivity contribution is 7.89. The molecule has 2 N–H and O–H groups in total. The highest BCUT2D eigenvalue weighted by Crippen LogP contribution is 2.25.